The second-order valence-corrected chi connectivity index (χ2v) is 2.21. The molecule has 0 N–H and O–H groups in total. The zero-order valence-electron chi connectivity index (χ0n) is 4.44. The van der Waals surface area contributed by atoms with Crippen molar-refractivity contribution >= 4 is 0 Å². The van der Waals surface area contributed by atoms with Crippen molar-refractivity contribution in [2.24, 2.45) is 11.8 Å². The number of hydrogen-bond acceptors (Lipinski definition) is 0. The van der Waals surface area contributed by atoms with Gasteiger partial charge >= 0.3 is 0 Å². The molecular weight excluding hydrogens is 72.1 g/mol. The molecule has 1 saturated carbocycles. The summed E-state index contributed by atoms with van der Waals surface area (Å²) < 4.78 is 0. The SMILES string of the molecule is C[CH]C1CC1C. The van der Waals surface area contributed by atoms with E-state index in [0.29, 0.717) is 0 Å². The van der Waals surface area contributed by atoms with E-state index in [1.54, 1.807) is 0 Å². The van der Waals surface area contributed by atoms with Crippen LogP contribution in [0.3, 0.4) is 0 Å². The first-order valence-corrected chi connectivity index (χ1v) is 2.64. The summed E-state index contributed by atoms with van der Waals surface area (Å²) in [6, 6.07) is 0. The van der Waals surface area contributed by atoms with Crippen molar-refractivity contribution in [1.82, 2.24) is 0 Å². The Morgan fingerprint density at radius 1 is 1.67 bits per heavy atom. The van der Waals surface area contributed by atoms with Crippen LogP contribution in [0.15, 0.2) is 0 Å². The lowest BCUT2D eigenvalue weighted by atomic mass is 10.3. The van der Waals surface area contributed by atoms with Crippen LogP contribution in [0.25, 0.3) is 0 Å². The molecule has 1 aliphatic rings. The van der Waals surface area contributed by atoms with Crippen molar-refractivity contribution in [2.45, 2.75) is 20.3 Å². The maximum absolute atomic E-state index is 2.30. The molecule has 0 heterocycles. The fraction of sp³-hybridized carbons (Fsp3) is 0.833. The molecule has 0 bridgehead atoms. The highest BCUT2D eigenvalue weighted by Gasteiger charge is 2.29. The standard InChI is InChI=1S/C6H11/c1-3-6-4-5(6)2/h3,5-6H,4H2,1-2H3. The highest BCUT2D eigenvalue weighted by Crippen LogP contribution is 2.39. The summed E-state index contributed by atoms with van der Waals surface area (Å²) in [6.07, 6.45) is 3.74. The summed E-state index contributed by atoms with van der Waals surface area (Å²) in [5, 5.41) is 0. The highest BCUT2D eigenvalue weighted by atomic mass is 14.3. The third-order valence-corrected chi connectivity index (χ3v) is 1.60. The van der Waals surface area contributed by atoms with Gasteiger partial charge < -0.3 is 0 Å². The second-order valence-electron chi connectivity index (χ2n) is 2.21. The molecule has 1 fully saturated rings. The van der Waals surface area contributed by atoms with Crippen LogP contribution in [0.1, 0.15) is 20.3 Å². The van der Waals surface area contributed by atoms with E-state index in [4.69, 9.17) is 0 Å². The Morgan fingerprint density at radius 2 is 2.17 bits per heavy atom. The number of rotatable bonds is 1. The molecule has 0 aromatic heterocycles. The Kier molecular flexibility index (Phi) is 0.868. The van der Waals surface area contributed by atoms with Gasteiger partial charge in [0.05, 0.1) is 0 Å². The van der Waals surface area contributed by atoms with Gasteiger partial charge in [0, 0.05) is 0 Å². The van der Waals surface area contributed by atoms with E-state index < -0.39 is 0 Å². The minimum atomic E-state index is 0.977. The fourth-order valence-electron chi connectivity index (χ4n) is 0.815. The summed E-state index contributed by atoms with van der Waals surface area (Å²) in [6.45, 7) is 4.44. The molecule has 1 rings (SSSR count). The van der Waals surface area contributed by atoms with Crippen LogP contribution in [0.5, 0.6) is 0 Å². The molecule has 0 saturated heterocycles. The summed E-state index contributed by atoms with van der Waals surface area (Å²) >= 11 is 0. The van der Waals surface area contributed by atoms with Crippen molar-refractivity contribution in [2.75, 3.05) is 0 Å². The first kappa shape index (κ1) is 4.17. The summed E-state index contributed by atoms with van der Waals surface area (Å²) in [4.78, 5) is 0. The summed E-state index contributed by atoms with van der Waals surface area (Å²) in [5.74, 6) is 1.99. The van der Waals surface area contributed by atoms with Crippen molar-refractivity contribution in [3.8, 4) is 0 Å². The molecule has 2 unspecified atom stereocenters. The Labute approximate surface area is 39.6 Å². The minimum absolute atomic E-state index is 0.977. The van der Waals surface area contributed by atoms with E-state index in [2.05, 4.69) is 20.3 Å². The lowest BCUT2D eigenvalue weighted by Crippen LogP contribution is -1.70. The van der Waals surface area contributed by atoms with Gasteiger partial charge in [-0.1, -0.05) is 13.8 Å². The van der Waals surface area contributed by atoms with Crippen LogP contribution in [-0.2, 0) is 0 Å². The molecule has 0 spiro atoms. The predicted molar refractivity (Wildman–Crippen MR) is 27.2 cm³/mol. The van der Waals surface area contributed by atoms with Gasteiger partial charge in [0.15, 0.2) is 0 Å². The largest absolute Gasteiger partial charge is 0.0622 e. The van der Waals surface area contributed by atoms with E-state index in [1.165, 1.54) is 6.42 Å². The van der Waals surface area contributed by atoms with E-state index in [9.17, 15) is 0 Å². The van der Waals surface area contributed by atoms with Crippen molar-refractivity contribution < 1.29 is 0 Å². The molecule has 0 amide bonds. The maximum atomic E-state index is 2.30. The van der Waals surface area contributed by atoms with E-state index in [0.717, 1.165) is 11.8 Å². The monoisotopic (exact) mass is 83.1 g/mol. The molecule has 0 nitrogen and oxygen atoms in total. The van der Waals surface area contributed by atoms with Crippen LogP contribution >= 0.6 is 0 Å². The van der Waals surface area contributed by atoms with Gasteiger partial charge in [-0.05, 0) is 24.7 Å². The zero-order chi connectivity index (χ0) is 4.57. The average molecular weight is 83.2 g/mol. The maximum Gasteiger partial charge on any atom is -0.0357 e. The Balaban J connectivity index is 2.09. The molecule has 2 atom stereocenters. The Morgan fingerprint density at radius 3 is 2.17 bits per heavy atom. The molecule has 0 aromatic rings. The van der Waals surface area contributed by atoms with Crippen molar-refractivity contribution in [1.29, 1.82) is 0 Å². The van der Waals surface area contributed by atoms with Crippen LogP contribution in [0.4, 0.5) is 0 Å². The lowest BCUT2D eigenvalue weighted by Gasteiger charge is -1.78. The van der Waals surface area contributed by atoms with E-state index >= 15 is 0 Å². The molecule has 1 aliphatic carbocycles. The van der Waals surface area contributed by atoms with Crippen LogP contribution in [-0.4, -0.2) is 0 Å². The van der Waals surface area contributed by atoms with Gasteiger partial charge in [0.1, 0.15) is 0 Å². The summed E-state index contributed by atoms with van der Waals surface area (Å²) in [5.41, 5.74) is 0. The van der Waals surface area contributed by atoms with Gasteiger partial charge in [-0.3, -0.25) is 0 Å². The number of hydrogen-bond donors (Lipinski definition) is 0. The average Bonchev–Trinajstić information content (AvgIpc) is 2.19. The molecule has 0 heteroatoms. The van der Waals surface area contributed by atoms with Gasteiger partial charge in [0.2, 0.25) is 0 Å². The van der Waals surface area contributed by atoms with Crippen molar-refractivity contribution in [3.63, 3.8) is 0 Å². The van der Waals surface area contributed by atoms with Gasteiger partial charge in [-0.2, -0.15) is 0 Å². The molecule has 35 valence electrons. The zero-order valence-corrected chi connectivity index (χ0v) is 4.44. The molecular formula is C6H11. The van der Waals surface area contributed by atoms with Gasteiger partial charge in [0.25, 0.3) is 0 Å². The Hall–Kier alpha value is 0. The highest BCUT2D eigenvalue weighted by molar-refractivity contribution is 4.90. The van der Waals surface area contributed by atoms with E-state index in [1.807, 2.05) is 0 Å². The quantitative estimate of drug-likeness (QED) is 0.454. The first-order chi connectivity index (χ1) is 2.84. The third-order valence-electron chi connectivity index (χ3n) is 1.60. The van der Waals surface area contributed by atoms with Crippen LogP contribution < -0.4 is 0 Å². The second kappa shape index (κ2) is 1.25. The fourth-order valence-corrected chi connectivity index (χ4v) is 0.815. The third kappa shape index (κ3) is 0.562. The molecule has 0 aromatic carbocycles. The molecule has 1 radical (unpaired) electrons. The topological polar surface area (TPSA) is 0 Å². The normalized spacial score (nSPS) is 43.0. The lowest BCUT2D eigenvalue weighted by molar-refractivity contribution is 0.851. The smallest absolute Gasteiger partial charge is 0.0357 e. The Bertz CT molecular complexity index is 46.0. The first-order valence-electron chi connectivity index (χ1n) is 2.64. The van der Waals surface area contributed by atoms with Gasteiger partial charge in [-0.15, -0.1) is 0 Å². The van der Waals surface area contributed by atoms with Crippen LogP contribution in [0, 0.1) is 18.3 Å². The molecule has 0 aliphatic heterocycles. The molecule has 6 heavy (non-hydrogen) atoms. The minimum Gasteiger partial charge on any atom is -0.0622 e. The van der Waals surface area contributed by atoms with E-state index in [-0.39, 0.29) is 0 Å². The predicted octanol–water partition coefficient (Wildman–Crippen LogP) is 1.87. The van der Waals surface area contributed by atoms with Crippen LogP contribution in [0.2, 0.25) is 0 Å². The van der Waals surface area contributed by atoms with Crippen molar-refractivity contribution in [3.05, 3.63) is 6.42 Å². The van der Waals surface area contributed by atoms with Gasteiger partial charge in [-0.25, -0.2) is 0 Å². The summed E-state index contributed by atoms with van der Waals surface area (Å²) in [7, 11) is 0.